The van der Waals surface area contributed by atoms with Gasteiger partial charge in [-0.2, -0.15) is 0 Å². The maximum Gasteiger partial charge on any atom is 0.264 e. The average Bonchev–Trinajstić information content (AvgIpc) is 3.24. The zero-order valence-electron chi connectivity index (χ0n) is 12.4. The highest BCUT2D eigenvalue weighted by molar-refractivity contribution is 7.12. The molecular weight excluding hydrogens is 294 g/mol. The molecule has 0 radical (unpaired) electrons. The van der Waals surface area contributed by atoms with Gasteiger partial charge in [0.1, 0.15) is 0 Å². The van der Waals surface area contributed by atoms with E-state index < -0.39 is 0 Å². The Hall–Kier alpha value is -1.72. The van der Waals surface area contributed by atoms with Crippen molar-refractivity contribution in [2.24, 2.45) is 5.92 Å². The monoisotopic (exact) mass is 313 g/mol. The predicted octanol–water partition coefficient (Wildman–Crippen LogP) is 2.49. The highest BCUT2D eigenvalue weighted by Crippen LogP contribution is 2.33. The summed E-state index contributed by atoms with van der Waals surface area (Å²) in [4.78, 5) is 22.1. The first-order valence-corrected chi connectivity index (χ1v) is 8.65. The molecule has 2 fully saturated rings. The van der Waals surface area contributed by atoms with Crippen LogP contribution in [0.25, 0.3) is 0 Å². The van der Waals surface area contributed by atoms with Crippen LogP contribution >= 0.6 is 11.3 Å². The summed E-state index contributed by atoms with van der Waals surface area (Å²) in [6.07, 6.45) is 4.83. The van der Waals surface area contributed by atoms with Gasteiger partial charge in [-0.15, -0.1) is 11.3 Å². The van der Waals surface area contributed by atoms with E-state index in [1.54, 1.807) is 11.3 Å². The Bertz CT molecular complexity index is 643. The lowest BCUT2D eigenvalue weighted by Gasteiger charge is -2.24. The maximum atomic E-state index is 12.6. The number of carbonyl (C=O) groups excluding carboxylic acids is 1. The molecule has 2 aliphatic heterocycles. The van der Waals surface area contributed by atoms with Gasteiger partial charge in [-0.05, 0) is 41.5 Å². The summed E-state index contributed by atoms with van der Waals surface area (Å²) in [5.74, 6) is 0.846. The summed E-state index contributed by atoms with van der Waals surface area (Å²) in [5, 5.41) is 1.98. The summed E-state index contributed by atoms with van der Waals surface area (Å²) in [5.41, 5.74) is 1.30. The molecule has 0 aromatic carbocycles. The third-order valence-electron chi connectivity index (χ3n) is 4.77. The highest BCUT2D eigenvalue weighted by atomic mass is 32.1. The molecule has 2 aromatic heterocycles. The minimum atomic E-state index is 0.216. The zero-order valence-corrected chi connectivity index (χ0v) is 13.2. The number of likely N-dealkylation sites (tertiary alicyclic amines) is 2. The van der Waals surface area contributed by atoms with Crippen LogP contribution in [0.2, 0.25) is 0 Å². The normalized spacial score (nSPS) is 24.6. The molecular formula is C17H19N3OS. The number of nitrogens with zero attached hydrogens (tertiary/aromatic N) is 3. The van der Waals surface area contributed by atoms with Crippen LogP contribution in [0.15, 0.2) is 42.0 Å². The Balaban J connectivity index is 1.44. The number of fused-ring (bicyclic) bond motifs is 1. The van der Waals surface area contributed by atoms with Gasteiger partial charge in [-0.1, -0.05) is 6.07 Å². The highest BCUT2D eigenvalue weighted by Gasteiger charge is 2.43. The van der Waals surface area contributed by atoms with E-state index in [2.05, 4.69) is 26.9 Å². The Morgan fingerprint density at radius 1 is 1.27 bits per heavy atom. The number of amides is 1. The van der Waals surface area contributed by atoms with E-state index in [-0.39, 0.29) is 5.91 Å². The van der Waals surface area contributed by atoms with Gasteiger partial charge >= 0.3 is 0 Å². The third kappa shape index (κ3) is 2.55. The second-order valence-corrected chi connectivity index (χ2v) is 7.09. The zero-order chi connectivity index (χ0) is 14.9. The smallest absolute Gasteiger partial charge is 0.264 e. The number of rotatable bonds is 3. The molecule has 114 valence electrons. The van der Waals surface area contributed by atoms with Crippen LogP contribution in [-0.4, -0.2) is 46.4 Å². The summed E-state index contributed by atoms with van der Waals surface area (Å²) < 4.78 is 0. The Kier molecular flexibility index (Phi) is 3.68. The van der Waals surface area contributed by atoms with Gasteiger partial charge in [0.2, 0.25) is 0 Å². The predicted molar refractivity (Wildman–Crippen MR) is 86.8 cm³/mol. The molecule has 2 aromatic rings. The number of aromatic nitrogens is 1. The van der Waals surface area contributed by atoms with Crippen molar-refractivity contribution in [1.29, 1.82) is 0 Å². The number of hydrogen-bond acceptors (Lipinski definition) is 4. The van der Waals surface area contributed by atoms with Crippen LogP contribution < -0.4 is 0 Å². The first kappa shape index (κ1) is 13.9. The van der Waals surface area contributed by atoms with Crippen LogP contribution in [0.4, 0.5) is 0 Å². The van der Waals surface area contributed by atoms with Gasteiger partial charge < -0.3 is 4.90 Å². The molecule has 5 heteroatoms. The summed E-state index contributed by atoms with van der Waals surface area (Å²) in [7, 11) is 0. The van der Waals surface area contributed by atoms with Crippen molar-refractivity contribution < 1.29 is 4.79 Å². The van der Waals surface area contributed by atoms with Crippen LogP contribution in [-0.2, 0) is 6.54 Å². The van der Waals surface area contributed by atoms with E-state index in [4.69, 9.17) is 0 Å². The van der Waals surface area contributed by atoms with Crippen LogP contribution in [0.3, 0.4) is 0 Å². The molecule has 0 N–H and O–H groups in total. The molecule has 4 heterocycles. The lowest BCUT2D eigenvalue weighted by atomic mass is 10.1. The summed E-state index contributed by atoms with van der Waals surface area (Å²) in [6, 6.07) is 8.42. The van der Waals surface area contributed by atoms with Crippen LogP contribution in [0, 0.1) is 5.92 Å². The summed E-state index contributed by atoms with van der Waals surface area (Å²) >= 11 is 1.54. The van der Waals surface area contributed by atoms with Crippen molar-refractivity contribution in [3.63, 3.8) is 0 Å². The topological polar surface area (TPSA) is 36.4 Å². The number of carbonyl (C=O) groups is 1. The molecule has 0 aliphatic carbocycles. The molecule has 0 saturated carbocycles. The molecule has 2 unspecified atom stereocenters. The molecule has 0 spiro atoms. The van der Waals surface area contributed by atoms with Crippen molar-refractivity contribution in [2.45, 2.75) is 19.0 Å². The van der Waals surface area contributed by atoms with Gasteiger partial charge in [-0.25, -0.2) is 0 Å². The number of pyridine rings is 1. The lowest BCUT2D eigenvalue weighted by molar-refractivity contribution is 0.0731. The molecule has 2 atom stereocenters. The molecule has 2 saturated heterocycles. The standard InChI is InChI=1S/C17H19N3OS/c21-17(16-2-1-9-22-16)20-8-5-14-11-19(12-15(14)20)10-13-3-6-18-7-4-13/h1-4,6-7,9,14-15H,5,8,10-12H2. The van der Waals surface area contributed by atoms with E-state index in [1.807, 2.05) is 29.9 Å². The molecule has 2 aliphatic rings. The van der Waals surface area contributed by atoms with E-state index in [9.17, 15) is 4.79 Å². The largest absolute Gasteiger partial charge is 0.333 e. The van der Waals surface area contributed by atoms with Gasteiger partial charge in [0, 0.05) is 44.6 Å². The fraction of sp³-hybridized carbons (Fsp3) is 0.412. The van der Waals surface area contributed by atoms with Crippen molar-refractivity contribution in [1.82, 2.24) is 14.8 Å². The molecule has 4 rings (SSSR count). The molecule has 1 amide bonds. The Morgan fingerprint density at radius 3 is 2.91 bits per heavy atom. The Morgan fingerprint density at radius 2 is 2.14 bits per heavy atom. The second kappa shape index (κ2) is 5.82. The third-order valence-corrected chi connectivity index (χ3v) is 5.63. The van der Waals surface area contributed by atoms with Gasteiger partial charge in [0.25, 0.3) is 5.91 Å². The summed E-state index contributed by atoms with van der Waals surface area (Å²) in [6.45, 7) is 3.96. The van der Waals surface area contributed by atoms with Gasteiger partial charge in [0.05, 0.1) is 4.88 Å². The van der Waals surface area contributed by atoms with Crippen molar-refractivity contribution in [2.75, 3.05) is 19.6 Å². The van der Waals surface area contributed by atoms with Gasteiger partial charge in [0.15, 0.2) is 0 Å². The number of thiophene rings is 1. The fourth-order valence-corrected chi connectivity index (χ4v) is 4.40. The van der Waals surface area contributed by atoms with Crippen molar-refractivity contribution in [3.8, 4) is 0 Å². The first-order valence-electron chi connectivity index (χ1n) is 7.77. The second-order valence-electron chi connectivity index (χ2n) is 6.14. The first-order chi connectivity index (χ1) is 10.8. The average molecular weight is 313 g/mol. The lowest BCUT2D eigenvalue weighted by Crippen LogP contribution is -2.39. The fourth-order valence-electron chi connectivity index (χ4n) is 3.72. The molecule has 22 heavy (non-hydrogen) atoms. The molecule has 4 nitrogen and oxygen atoms in total. The number of hydrogen-bond donors (Lipinski definition) is 0. The van der Waals surface area contributed by atoms with E-state index in [0.717, 1.165) is 37.5 Å². The van der Waals surface area contributed by atoms with Crippen molar-refractivity contribution in [3.05, 3.63) is 52.5 Å². The maximum absolute atomic E-state index is 12.6. The quantitative estimate of drug-likeness (QED) is 0.873. The Labute approximate surface area is 134 Å². The van der Waals surface area contributed by atoms with Crippen LogP contribution in [0.5, 0.6) is 0 Å². The SMILES string of the molecule is O=C(c1cccs1)N1CCC2CN(Cc3ccncc3)CC21. The van der Waals surface area contributed by atoms with Crippen LogP contribution in [0.1, 0.15) is 21.7 Å². The van der Waals surface area contributed by atoms with E-state index in [1.165, 1.54) is 5.56 Å². The minimum absolute atomic E-state index is 0.216. The van der Waals surface area contributed by atoms with Gasteiger partial charge in [-0.3, -0.25) is 14.7 Å². The van der Waals surface area contributed by atoms with E-state index >= 15 is 0 Å². The van der Waals surface area contributed by atoms with E-state index in [0.29, 0.717) is 12.0 Å². The van der Waals surface area contributed by atoms with Crippen molar-refractivity contribution >= 4 is 17.2 Å². The molecule has 0 bridgehead atoms. The minimum Gasteiger partial charge on any atom is -0.333 e.